The van der Waals surface area contributed by atoms with E-state index >= 15 is 0 Å². The molecule has 0 spiro atoms. The number of carbonyl (C=O) groups excluding carboxylic acids is 2. The van der Waals surface area contributed by atoms with Crippen LogP contribution in [0.5, 0.6) is 0 Å². The van der Waals surface area contributed by atoms with Crippen molar-refractivity contribution in [1.29, 1.82) is 0 Å². The van der Waals surface area contributed by atoms with E-state index in [0.717, 1.165) is 11.1 Å². The zero-order valence-corrected chi connectivity index (χ0v) is 14.1. The number of benzene rings is 1. The van der Waals surface area contributed by atoms with Gasteiger partial charge in [-0.2, -0.15) is 0 Å². The maximum absolute atomic E-state index is 12.2. The Hall–Kier alpha value is -2.41. The Kier molecular flexibility index (Phi) is 7.91. The third kappa shape index (κ3) is 6.78. The molecular weight excluding hydrogens is 310 g/mol. The van der Waals surface area contributed by atoms with Gasteiger partial charge in [0.1, 0.15) is 6.04 Å². The highest BCUT2D eigenvalue weighted by Crippen LogP contribution is 2.10. The fourth-order valence-corrected chi connectivity index (χ4v) is 2.38. The van der Waals surface area contributed by atoms with Crippen molar-refractivity contribution in [3.63, 3.8) is 0 Å². The molecule has 132 valence electrons. The van der Waals surface area contributed by atoms with Crippen molar-refractivity contribution < 1.29 is 19.5 Å². The molecule has 0 saturated carbocycles. The van der Waals surface area contributed by atoms with Gasteiger partial charge < -0.3 is 21.5 Å². The maximum atomic E-state index is 12.2. The molecule has 5 N–H and O–H groups in total. The van der Waals surface area contributed by atoms with Crippen LogP contribution in [0.1, 0.15) is 40.7 Å². The number of carboxylic acid groups (broad SMARTS) is 1. The number of carboxylic acids is 1. The van der Waals surface area contributed by atoms with E-state index in [9.17, 15) is 19.5 Å². The maximum Gasteiger partial charge on any atom is 0.326 e. The number of aliphatic carboxylic acids is 1. The van der Waals surface area contributed by atoms with Crippen molar-refractivity contribution >= 4 is 17.8 Å². The smallest absolute Gasteiger partial charge is 0.326 e. The average Bonchev–Trinajstić information content (AvgIpc) is 2.51. The first-order valence-electron chi connectivity index (χ1n) is 7.92. The number of carbonyl (C=O) groups is 3. The molecule has 0 aliphatic carbocycles. The lowest BCUT2D eigenvalue weighted by Gasteiger charge is -2.15. The molecule has 0 unspecified atom stereocenters. The van der Waals surface area contributed by atoms with Gasteiger partial charge in [0.2, 0.25) is 5.91 Å². The first-order chi connectivity index (χ1) is 11.3. The lowest BCUT2D eigenvalue weighted by Crippen LogP contribution is -2.41. The summed E-state index contributed by atoms with van der Waals surface area (Å²) in [4.78, 5) is 34.5. The Morgan fingerprint density at radius 2 is 1.75 bits per heavy atom. The predicted molar refractivity (Wildman–Crippen MR) is 90.7 cm³/mol. The normalized spacial score (nSPS) is 11.6. The fraction of sp³-hybridized carbons (Fsp3) is 0.471. The largest absolute Gasteiger partial charge is 0.480 e. The number of hydrogen-bond donors (Lipinski definition) is 4. The number of unbranched alkanes of at least 4 members (excludes halogenated alkanes) is 1. The van der Waals surface area contributed by atoms with Gasteiger partial charge in [-0.15, -0.1) is 0 Å². The van der Waals surface area contributed by atoms with Crippen LogP contribution in [0, 0.1) is 13.8 Å². The molecule has 1 aromatic rings. The Morgan fingerprint density at radius 3 is 2.29 bits per heavy atom. The van der Waals surface area contributed by atoms with E-state index in [4.69, 9.17) is 5.73 Å². The monoisotopic (exact) mass is 335 g/mol. The van der Waals surface area contributed by atoms with E-state index in [0.29, 0.717) is 31.4 Å². The van der Waals surface area contributed by atoms with Gasteiger partial charge in [0.25, 0.3) is 5.91 Å². The van der Waals surface area contributed by atoms with Crippen LogP contribution in [-0.2, 0) is 9.59 Å². The van der Waals surface area contributed by atoms with Gasteiger partial charge in [-0.05, 0) is 45.2 Å². The van der Waals surface area contributed by atoms with E-state index in [1.54, 1.807) is 12.1 Å². The van der Waals surface area contributed by atoms with Gasteiger partial charge in [-0.3, -0.25) is 9.59 Å². The lowest BCUT2D eigenvalue weighted by atomic mass is 10.1. The topological polar surface area (TPSA) is 122 Å². The standard InChI is InChI=1S/C17H25N3O4/c1-11-7-12(2)9-13(8-11)16(22)20-14(17(23)24)5-3-4-6-19-15(21)10-18/h7-9,14H,3-6,10,18H2,1-2H3,(H,19,21)(H,20,22)(H,23,24)/t14-/m0/s1. The number of nitrogens with one attached hydrogen (secondary N) is 2. The van der Waals surface area contributed by atoms with Crippen LogP contribution in [-0.4, -0.2) is 42.0 Å². The molecule has 7 heteroatoms. The SMILES string of the molecule is Cc1cc(C)cc(C(=O)N[C@@H](CCCCNC(=O)CN)C(=O)O)c1. The number of aryl methyl sites for hydroxylation is 2. The van der Waals surface area contributed by atoms with Crippen molar-refractivity contribution in [2.45, 2.75) is 39.2 Å². The summed E-state index contributed by atoms with van der Waals surface area (Å²) in [7, 11) is 0. The minimum absolute atomic E-state index is 0.0658. The average molecular weight is 335 g/mol. The highest BCUT2D eigenvalue weighted by Gasteiger charge is 2.20. The number of rotatable bonds is 9. The highest BCUT2D eigenvalue weighted by atomic mass is 16.4. The molecule has 0 saturated heterocycles. The summed E-state index contributed by atoms with van der Waals surface area (Å²) in [5.41, 5.74) is 7.52. The Bertz CT molecular complexity index is 581. The van der Waals surface area contributed by atoms with Crippen LogP contribution >= 0.6 is 0 Å². The number of nitrogens with two attached hydrogens (primary N) is 1. The molecule has 0 radical (unpaired) electrons. The third-order valence-corrected chi connectivity index (χ3v) is 3.51. The molecule has 0 aliphatic heterocycles. The van der Waals surface area contributed by atoms with Crippen LogP contribution < -0.4 is 16.4 Å². The fourth-order valence-electron chi connectivity index (χ4n) is 2.38. The van der Waals surface area contributed by atoms with Crippen LogP contribution in [0.4, 0.5) is 0 Å². The van der Waals surface area contributed by atoms with E-state index in [-0.39, 0.29) is 12.5 Å². The third-order valence-electron chi connectivity index (χ3n) is 3.51. The summed E-state index contributed by atoms with van der Waals surface area (Å²) in [6.07, 6.45) is 1.48. The lowest BCUT2D eigenvalue weighted by molar-refractivity contribution is -0.139. The Morgan fingerprint density at radius 1 is 1.12 bits per heavy atom. The first kappa shape index (κ1) is 19.6. The molecular formula is C17H25N3O4. The second-order valence-corrected chi connectivity index (χ2v) is 5.79. The minimum Gasteiger partial charge on any atom is -0.480 e. The van der Waals surface area contributed by atoms with Crippen molar-refractivity contribution in [1.82, 2.24) is 10.6 Å². The highest BCUT2D eigenvalue weighted by molar-refractivity contribution is 5.96. The molecule has 0 bridgehead atoms. The van der Waals surface area contributed by atoms with Gasteiger partial charge in [-0.25, -0.2) is 4.79 Å². The zero-order valence-electron chi connectivity index (χ0n) is 14.1. The number of hydrogen-bond acceptors (Lipinski definition) is 4. The van der Waals surface area contributed by atoms with Crippen molar-refractivity contribution in [2.24, 2.45) is 5.73 Å². The van der Waals surface area contributed by atoms with E-state index in [1.165, 1.54) is 0 Å². The quantitative estimate of drug-likeness (QED) is 0.496. The molecule has 0 aromatic heterocycles. The molecule has 1 aromatic carbocycles. The van der Waals surface area contributed by atoms with Gasteiger partial charge in [0, 0.05) is 12.1 Å². The summed E-state index contributed by atoms with van der Waals surface area (Å²) >= 11 is 0. The second kappa shape index (κ2) is 9.67. The van der Waals surface area contributed by atoms with E-state index in [1.807, 2.05) is 19.9 Å². The summed E-state index contributed by atoms with van der Waals surface area (Å²) < 4.78 is 0. The molecule has 0 heterocycles. The van der Waals surface area contributed by atoms with Gasteiger partial charge in [0.05, 0.1) is 6.54 Å². The van der Waals surface area contributed by atoms with Crippen LogP contribution in [0.25, 0.3) is 0 Å². The van der Waals surface area contributed by atoms with Crippen molar-refractivity contribution in [3.8, 4) is 0 Å². The Labute approximate surface area is 141 Å². The predicted octanol–water partition coefficient (Wildman–Crippen LogP) is 0.732. The Balaban J connectivity index is 2.52. The van der Waals surface area contributed by atoms with Crippen LogP contribution in [0.2, 0.25) is 0 Å². The molecule has 1 rings (SSSR count). The van der Waals surface area contributed by atoms with Gasteiger partial charge >= 0.3 is 5.97 Å². The van der Waals surface area contributed by atoms with Crippen molar-refractivity contribution in [3.05, 3.63) is 34.9 Å². The van der Waals surface area contributed by atoms with Crippen molar-refractivity contribution in [2.75, 3.05) is 13.1 Å². The minimum atomic E-state index is -1.07. The number of amides is 2. The van der Waals surface area contributed by atoms with Crippen LogP contribution in [0.15, 0.2) is 18.2 Å². The summed E-state index contributed by atoms with van der Waals surface area (Å²) in [5, 5.41) is 14.4. The van der Waals surface area contributed by atoms with E-state index < -0.39 is 17.9 Å². The zero-order chi connectivity index (χ0) is 18.1. The first-order valence-corrected chi connectivity index (χ1v) is 7.92. The van der Waals surface area contributed by atoms with Gasteiger partial charge in [-0.1, -0.05) is 17.2 Å². The molecule has 0 fully saturated rings. The molecule has 2 amide bonds. The molecule has 24 heavy (non-hydrogen) atoms. The molecule has 1 atom stereocenters. The summed E-state index contributed by atoms with van der Waals surface area (Å²) in [6.45, 7) is 4.14. The molecule has 7 nitrogen and oxygen atoms in total. The van der Waals surface area contributed by atoms with Crippen LogP contribution in [0.3, 0.4) is 0 Å². The van der Waals surface area contributed by atoms with Gasteiger partial charge in [0.15, 0.2) is 0 Å². The second-order valence-electron chi connectivity index (χ2n) is 5.79. The molecule has 0 aliphatic rings. The summed E-state index contributed by atoms with van der Waals surface area (Å²) in [5.74, 6) is -1.71. The summed E-state index contributed by atoms with van der Waals surface area (Å²) in [6, 6.07) is 4.44. The van der Waals surface area contributed by atoms with E-state index in [2.05, 4.69) is 10.6 Å².